The molecular formula is C33H38O5. The first-order valence-corrected chi connectivity index (χ1v) is 13.5. The Morgan fingerprint density at radius 3 is 2.24 bits per heavy atom. The third-order valence-electron chi connectivity index (χ3n) is 7.36. The number of carbonyl (C=O) groups excluding carboxylic acids is 1. The van der Waals surface area contributed by atoms with Crippen molar-refractivity contribution in [2.45, 2.75) is 57.5 Å². The summed E-state index contributed by atoms with van der Waals surface area (Å²) in [6.07, 6.45) is 4.27. The minimum atomic E-state index is -0.597. The molecule has 5 nitrogen and oxygen atoms in total. The zero-order valence-electron chi connectivity index (χ0n) is 22.1. The molecule has 0 bridgehead atoms. The van der Waals surface area contributed by atoms with E-state index in [-0.39, 0.29) is 42.7 Å². The van der Waals surface area contributed by atoms with E-state index in [0.29, 0.717) is 18.4 Å². The van der Waals surface area contributed by atoms with Gasteiger partial charge in [-0.3, -0.25) is 0 Å². The second-order valence-corrected chi connectivity index (χ2v) is 10.2. The average Bonchev–Trinajstić information content (AvgIpc) is 3.24. The Bertz CT molecular complexity index is 1160. The van der Waals surface area contributed by atoms with Crippen LogP contribution in [0.4, 0.5) is 0 Å². The van der Waals surface area contributed by atoms with Gasteiger partial charge in [0.05, 0.1) is 30.5 Å². The number of hydrogen-bond donors (Lipinski definition) is 2. The Hall–Kier alpha value is -3.25. The minimum absolute atomic E-state index is 0.0554. The molecule has 2 N–H and O–H groups in total. The Morgan fingerprint density at radius 2 is 1.58 bits per heavy atom. The third kappa shape index (κ3) is 7.41. The summed E-state index contributed by atoms with van der Waals surface area (Å²) >= 11 is 0. The van der Waals surface area contributed by atoms with Crippen molar-refractivity contribution < 1.29 is 24.5 Å². The van der Waals surface area contributed by atoms with Gasteiger partial charge >= 0.3 is 5.97 Å². The lowest BCUT2D eigenvalue weighted by atomic mass is 9.94. The number of aryl methyl sites for hydroxylation is 1. The largest absolute Gasteiger partial charge is 0.458 e. The van der Waals surface area contributed by atoms with Crippen LogP contribution in [0.5, 0.6) is 0 Å². The maximum absolute atomic E-state index is 13.1. The van der Waals surface area contributed by atoms with Crippen LogP contribution in [0.2, 0.25) is 0 Å². The van der Waals surface area contributed by atoms with Crippen LogP contribution in [0, 0.1) is 11.8 Å². The average molecular weight is 515 g/mol. The van der Waals surface area contributed by atoms with Gasteiger partial charge in [0.1, 0.15) is 6.10 Å². The van der Waals surface area contributed by atoms with Gasteiger partial charge in [0, 0.05) is 12.3 Å². The van der Waals surface area contributed by atoms with E-state index < -0.39 is 6.10 Å². The molecule has 200 valence electrons. The van der Waals surface area contributed by atoms with Crippen molar-refractivity contribution in [3.8, 4) is 11.1 Å². The zero-order valence-corrected chi connectivity index (χ0v) is 22.1. The van der Waals surface area contributed by atoms with Gasteiger partial charge in [0.2, 0.25) is 0 Å². The quantitative estimate of drug-likeness (QED) is 0.248. The first-order valence-electron chi connectivity index (χ1n) is 13.5. The van der Waals surface area contributed by atoms with Crippen molar-refractivity contribution in [1.82, 2.24) is 0 Å². The lowest BCUT2D eigenvalue weighted by molar-refractivity contribution is -0.0467. The second kappa shape index (κ2) is 13.5. The fourth-order valence-corrected chi connectivity index (χ4v) is 5.08. The monoisotopic (exact) mass is 514 g/mol. The lowest BCUT2D eigenvalue weighted by Gasteiger charge is -2.22. The number of rotatable bonds is 11. The lowest BCUT2D eigenvalue weighted by Crippen LogP contribution is -2.26. The van der Waals surface area contributed by atoms with E-state index >= 15 is 0 Å². The molecule has 3 aromatic rings. The molecule has 1 fully saturated rings. The van der Waals surface area contributed by atoms with Gasteiger partial charge < -0.3 is 19.7 Å². The summed E-state index contributed by atoms with van der Waals surface area (Å²) in [7, 11) is 0. The number of benzene rings is 3. The maximum Gasteiger partial charge on any atom is 0.338 e. The predicted octanol–water partition coefficient (Wildman–Crippen LogP) is 5.85. The highest BCUT2D eigenvalue weighted by atomic mass is 16.6. The molecular weight excluding hydrogens is 476 g/mol. The number of esters is 1. The van der Waals surface area contributed by atoms with Gasteiger partial charge in [-0.05, 0) is 54.5 Å². The summed E-state index contributed by atoms with van der Waals surface area (Å²) in [4.78, 5) is 13.1. The van der Waals surface area contributed by atoms with Crippen molar-refractivity contribution >= 4 is 5.97 Å². The molecule has 0 radical (unpaired) electrons. The molecule has 3 aromatic carbocycles. The van der Waals surface area contributed by atoms with E-state index in [9.17, 15) is 15.0 Å². The number of aliphatic hydroxyl groups excluding tert-OH is 2. The molecule has 6 atom stereocenters. The van der Waals surface area contributed by atoms with Crippen LogP contribution in [0.1, 0.15) is 42.6 Å². The Kier molecular flexibility index (Phi) is 9.88. The fourth-order valence-electron chi connectivity index (χ4n) is 5.08. The van der Waals surface area contributed by atoms with E-state index in [1.165, 1.54) is 5.56 Å². The summed E-state index contributed by atoms with van der Waals surface area (Å²) in [5, 5.41) is 20.1. The van der Waals surface area contributed by atoms with E-state index in [0.717, 1.165) is 17.5 Å². The van der Waals surface area contributed by atoms with Gasteiger partial charge in [-0.25, -0.2) is 4.79 Å². The number of aliphatic hydroxyl groups is 2. The molecule has 4 rings (SSSR count). The van der Waals surface area contributed by atoms with Crippen LogP contribution in [0.15, 0.2) is 97.1 Å². The highest BCUT2D eigenvalue weighted by Gasteiger charge is 2.43. The molecule has 0 aromatic heterocycles. The molecule has 0 amide bonds. The molecule has 0 aliphatic heterocycles. The van der Waals surface area contributed by atoms with Crippen LogP contribution >= 0.6 is 0 Å². The van der Waals surface area contributed by atoms with Gasteiger partial charge in [-0.15, -0.1) is 0 Å². The molecule has 0 heterocycles. The number of hydrogen-bond acceptors (Lipinski definition) is 5. The standard InChI is InChI=1S/C33H38O5/c1-23(22-34)37-31-21-32(30(24(31)2)20-19-29(35)18-13-25-9-5-3-6-10-25)38-33(36)28-16-14-27(15-17-28)26-11-7-4-8-12-26/h3-12,14-17,19-20,23-24,29-32,34-35H,13,18,21-22H2,1-2H3/b20-19+/t23-,24-,29+,30-,31+,32-/m1/s1. The molecule has 1 aliphatic rings. The maximum atomic E-state index is 13.1. The fraction of sp³-hybridized carbons (Fsp3) is 0.364. The molecule has 0 unspecified atom stereocenters. The number of carbonyl (C=O) groups is 1. The summed E-state index contributed by atoms with van der Waals surface area (Å²) in [6, 6.07) is 27.6. The Labute approximate surface area is 225 Å². The second-order valence-electron chi connectivity index (χ2n) is 10.2. The molecule has 38 heavy (non-hydrogen) atoms. The first-order chi connectivity index (χ1) is 18.4. The molecule has 0 saturated heterocycles. The van der Waals surface area contributed by atoms with Crippen LogP contribution in [0.25, 0.3) is 11.1 Å². The van der Waals surface area contributed by atoms with E-state index in [1.54, 1.807) is 12.1 Å². The van der Waals surface area contributed by atoms with Gasteiger partial charge in [-0.2, -0.15) is 0 Å². The Balaban J connectivity index is 1.43. The van der Waals surface area contributed by atoms with Gasteiger partial charge in [-0.1, -0.05) is 91.9 Å². The van der Waals surface area contributed by atoms with Crippen molar-refractivity contribution in [1.29, 1.82) is 0 Å². The summed E-state index contributed by atoms with van der Waals surface area (Å²) in [6.45, 7) is 3.83. The van der Waals surface area contributed by atoms with E-state index in [4.69, 9.17) is 9.47 Å². The highest BCUT2D eigenvalue weighted by Crippen LogP contribution is 2.38. The molecule has 5 heteroatoms. The number of ether oxygens (including phenoxy) is 2. The van der Waals surface area contributed by atoms with Crippen LogP contribution in [-0.4, -0.2) is 47.2 Å². The van der Waals surface area contributed by atoms with Gasteiger partial charge in [0.15, 0.2) is 0 Å². The third-order valence-corrected chi connectivity index (χ3v) is 7.36. The summed E-state index contributed by atoms with van der Waals surface area (Å²) in [5.41, 5.74) is 3.81. The molecule has 1 aliphatic carbocycles. The van der Waals surface area contributed by atoms with Crippen LogP contribution in [0.3, 0.4) is 0 Å². The first kappa shape index (κ1) is 27.8. The van der Waals surface area contributed by atoms with Crippen LogP contribution < -0.4 is 0 Å². The predicted molar refractivity (Wildman–Crippen MR) is 150 cm³/mol. The van der Waals surface area contributed by atoms with E-state index in [2.05, 4.69) is 19.1 Å². The van der Waals surface area contributed by atoms with Crippen molar-refractivity contribution in [2.24, 2.45) is 11.8 Å². The smallest absolute Gasteiger partial charge is 0.338 e. The summed E-state index contributed by atoms with van der Waals surface area (Å²) < 4.78 is 12.1. The van der Waals surface area contributed by atoms with Crippen molar-refractivity contribution in [3.05, 3.63) is 108 Å². The van der Waals surface area contributed by atoms with Gasteiger partial charge in [0.25, 0.3) is 0 Å². The topological polar surface area (TPSA) is 76.0 Å². The highest BCUT2D eigenvalue weighted by molar-refractivity contribution is 5.90. The normalized spacial score (nSPS) is 22.8. The summed E-state index contributed by atoms with van der Waals surface area (Å²) in [5.74, 6) is -0.426. The Morgan fingerprint density at radius 1 is 0.947 bits per heavy atom. The minimum Gasteiger partial charge on any atom is -0.458 e. The van der Waals surface area contributed by atoms with Crippen molar-refractivity contribution in [3.63, 3.8) is 0 Å². The zero-order chi connectivity index (χ0) is 26.9. The molecule has 0 spiro atoms. The van der Waals surface area contributed by atoms with E-state index in [1.807, 2.05) is 79.7 Å². The van der Waals surface area contributed by atoms with Crippen molar-refractivity contribution in [2.75, 3.05) is 6.61 Å². The molecule has 1 saturated carbocycles. The van der Waals surface area contributed by atoms with Crippen LogP contribution in [-0.2, 0) is 15.9 Å². The SMILES string of the molecule is C[C@@H]1[C@@H](/C=C/[C@@H](O)CCc2ccccc2)[C@H](OC(=O)c2ccc(-c3ccccc3)cc2)C[C@@H]1O[C@H](C)CO.